The van der Waals surface area contributed by atoms with Crippen LogP contribution in [0.4, 0.5) is 0 Å². The van der Waals surface area contributed by atoms with Crippen LogP contribution < -0.4 is 11.1 Å². The number of benzene rings is 1. The Kier molecular flexibility index (Phi) is 6.02. The fourth-order valence-corrected chi connectivity index (χ4v) is 1.96. The molecule has 1 aromatic rings. The molecule has 1 rings (SSSR count). The number of hydrogen-bond donors (Lipinski definition) is 2. The van der Waals surface area contributed by atoms with E-state index in [-0.39, 0.29) is 6.04 Å². The topological polar surface area (TPSA) is 38.0 Å². The average molecular weight is 262 g/mol. The van der Waals surface area contributed by atoms with Crippen molar-refractivity contribution in [2.24, 2.45) is 23.0 Å². The van der Waals surface area contributed by atoms with Gasteiger partial charge in [-0.2, -0.15) is 0 Å². The molecule has 0 aromatic heterocycles. The van der Waals surface area contributed by atoms with Crippen LogP contribution in [0.2, 0.25) is 0 Å². The zero-order valence-corrected chi connectivity index (χ0v) is 13.1. The van der Waals surface area contributed by atoms with Crippen LogP contribution in [0.5, 0.6) is 0 Å². The van der Waals surface area contributed by atoms with Gasteiger partial charge in [-0.25, -0.2) is 0 Å². The van der Waals surface area contributed by atoms with Gasteiger partial charge < -0.3 is 11.1 Å². The van der Waals surface area contributed by atoms with E-state index in [1.54, 1.807) is 0 Å². The highest BCUT2D eigenvalue weighted by Gasteiger charge is 2.20. The summed E-state index contributed by atoms with van der Waals surface area (Å²) in [6.45, 7) is 13.4. The maximum atomic E-state index is 6.30. The summed E-state index contributed by atoms with van der Waals surface area (Å²) in [5.74, 6) is 1.10. The number of rotatable bonds is 6. The van der Waals surface area contributed by atoms with E-state index in [0.29, 0.717) is 17.3 Å². The van der Waals surface area contributed by atoms with Crippen LogP contribution in [0.1, 0.15) is 46.2 Å². The Morgan fingerprint density at radius 2 is 1.63 bits per heavy atom. The van der Waals surface area contributed by atoms with Gasteiger partial charge in [0, 0.05) is 6.04 Å². The lowest BCUT2D eigenvalue weighted by Gasteiger charge is -2.28. The molecule has 19 heavy (non-hydrogen) atoms. The molecule has 0 heterocycles. The van der Waals surface area contributed by atoms with E-state index < -0.39 is 0 Å². The average Bonchev–Trinajstić information content (AvgIpc) is 2.37. The van der Waals surface area contributed by atoms with Crippen molar-refractivity contribution in [3.05, 3.63) is 35.9 Å². The lowest BCUT2D eigenvalue weighted by Crippen LogP contribution is -2.35. The van der Waals surface area contributed by atoms with Crippen molar-refractivity contribution in [3.8, 4) is 0 Å². The van der Waals surface area contributed by atoms with Gasteiger partial charge in [0.1, 0.15) is 0 Å². The van der Waals surface area contributed by atoms with Crippen molar-refractivity contribution in [2.45, 2.75) is 40.7 Å². The first kappa shape index (κ1) is 16.2. The van der Waals surface area contributed by atoms with Crippen LogP contribution in [0.3, 0.4) is 0 Å². The van der Waals surface area contributed by atoms with Gasteiger partial charge in [0.25, 0.3) is 0 Å². The van der Waals surface area contributed by atoms with Crippen molar-refractivity contribution >= 4 is 0 Å². The molecule has 1 aromatic carbocycles. The highest BCUT2D eigenvalue weighted by Crippen LogP contribution is 2.24. The van der Waals surface area contributed by atoms with E-state index in [1.807, 2.05) is 6.07 Å². The predicted molar refractivity (Wildman–Crippen MR) is 84.0 cm³/mol. The second-order valence-corrected chi connectivity index (χ2v) is 6.84. The lowest BCUT2D eigenvalue weighted by molar-refractivity contribution is 0.248. The van der Waals surface area contributed by atoms with E-state index in [9.17, 15) is 0 Å². The summed E-state index contributed by atoms with van der Waals surface area (Å²) in [5, 5.41) is 3.56. The zero-order valence-electron chi connectivity index (χ0n) is 13.1. The third-order valence-electron chi connectivity index (χ3n) is 4.19. The molecule has 2 heteroatoms. The van der Waals surface area contributed by atoms with Crippen molar-refractivity contribution in [3.63, 3.8) is 0 Å². The first-order valence-electron chi connectivity index (χ1n) is 7.33. The minimum Gasteiger partial charge on any atom is -0.324 e. The maximum absolute atomic E-state index is 6.30. The standard InChI is InChI=1S/C17H30N2/c1-13(11-19-12-14(2)17(3,4)5)16(18)15-9-7-6-8-10-15/h6-10,13-14,16,19H,11-12,18H2,1-5H3. The van der Waals surface area contributed by atoms with Crippen LogP contribution in [0.15, 0.2) is 30.3 Å². The Morgan fingerprint density at radius 3 is 2.16 bits per heavy atom. The number of hydrogen-bond acceptors (Lipinski definition) is 2. The molecule has 0 aliphatic heterocycles. The highest BCUT2D eigenvalue weighted by molar-refractivity contribution is 5.19. The van der Waals surface area contributed by atoms with Gasteiger partial charge in [0.15, 0.2) is 0 Å². The fourth-order valence-electron chi connectivity index (χ4n) is 1.96. The van der Waals surface area contributed by atoms with Crippen LogP contribution in [-0.2, 0) is 0 Å². The van der Waals surface area contributed by atoms with E-state index in [4.69, 9.17) is 5.73 Å². The van der Waals surface area contributed by atoms with Crippen LogP contribution in [0.25, 0.3) is 0 Å². The summed E-state index contributed by atoms with van der Waals surface area (Å²) in [5.41, 5.74) is 7.88. The summed E-state index contributed by atoms with van der Waals surface area (Å²) in [4.78, 5) is 0. The molecule has 0 aliphatic rings. The van der Waals surface area contributed by atoms with Gasteiger partial charge in [-0.15, -0.1) is 0 Å². The largest absolute Gasteiger partial charge is 0.324 e. The summed E-state index contributed by atoms with van der Waals surface area (Å²) >= 11 is 0. The SMILES string of the molecule is CC(CNCC(C)C(C)(C)C)C(N)c1ccccc1. The zero-order chi connectivity index (χ0) is 14.5. The van der Waals surface area contributed by atoms with Crippen molar-refractivity contribution < 1.29 is 0 Å². The van der Waals surface area contributed by atoms with E-state index >= 15 is 0 Å². The quantitative estimate of drug-likeness (QED) is 0.822. The molecular formula is C17H30N2. The molecule has 3 N–H and O–H groups in total. The second kappa shape index (κ2) is 7.06. The monoisotopic (exact) mass is 262 g/mol. The Morgan fingerprint density at radius 1 is 1.05 bits per heavy atom. The molecule has 0 saturated carbocycles. The van der Waals surface area contributed by atoms with Crippen LogP contribution >= 0.6 is 0 Å². The molecule has 0 bridgehead atoms. The van der Waals surface area contributed by atoms with Gasteiger partial charge in [-0.3, -0.25) is 0 Å². The maximum Gasteiger partial charge on any atom is 0.0333 e. The minimum atomic E-state index is 0.110. The summed E-state index contributed by atoms with van der Waals surface area (Å²) in [6, 6.07) is 10.5. The Hall–Kier alpha value is -0.860. The summed E-state index contributed by atoms with van der Waals surface area (Å²) in [7, 11) is 0. The van der Waals surface area contributed by atoms with E-state index in [2.05, 4.69) is 64.2 Å². The van der Waals surface area contributed by atoms with E-state index in [1.165, 1.54) is 5.56 Å². The van der Waals surface area contributed by atoms with Crippen molar-refractivity contribution in [1.82, 2.24) is 5.32 Å². The lowest BCUT2D eigenvalue weighted by atomic mass is 9.82. The van der Waals surface area contributed by atoms with Crippen LogP contribution in [-0.4, -0.2) is 13.1 Å². The van der Waals surface area contributed by atoms with Crippen LogP contribution in [0, 0.1) is 17.3 Å². The summed E-state index contributed by atoms with van der Waals surface area (Å²) < 4.78 is 0. The highest BCUT2D eigenvalue weighted by atomic mass is 14.9. The van der Waals surface area contributed by atoms with Crippen molar-refractivity contribution in [1.29, 1.82) is 0 Å². The fraction of sp³-hybridized carbons (Fsp3) is 0.647. The van der Waals surface area contributed by atoms with Gasteiger partial charge >= 0.3 is 0 Å². The first-order valence-corrected chi connectivity index (χ1v) is 7.33. The molecule has 3 unspecified atom stereocenters. The first-order chi connectivity index (χ1) is 8.82. The Labute approximate surface area is 118 Å². The molecule has 0 fully saturated rings. The van der Waals surface area contributed by atoms with Gasteiger partial charge in [-0.05, 0) is 35.9 Å². The molecule has 0 spiro atoms. The number of nitrogens with one attached hydrogen (secondary N) is 1. The third kappa shape index (κ3) is 5.33. The molecule has 3 atom stereocenters. The molecule has 108 valence electrons. The second-order valence-electron chi connectivity index (χ2n) is 6.84. The van der Waals surface area contributed by atoms with Gasteiger partial charge in [-0.1, -0.05) is 65.0 Å². The molecule has 0 radical (unpaired) electrons. The molecular weight excluding hydrogens is 232 g/mol. The third-order valence-corrected chi connectivity index (χ3v) is 4.19. The minimum absolute atomic E-state index is 0.110. The Balaban J connectivity index is 2.38. The Bertz CT molecular complexity index is 353. The van der Waals surface area contributed by atoms with Gasteiger partial charge in [0.2, 0.25) is 0 Å². The van der Waals surface area contributed by atoms with Crippen molar-refractivity contribution in [2.75, 3.05) is 13.1 Å². The van der Waals surface area contributed by atoms with E-state index in [0.717, 1.165) is 13.1 Å². The molecule has 0 saturated heterocycles. The van der Waals surface area contributed by atoms with Gasteiger partial charge in [0.05, 0.1) is 0 Å². The number of nitrogens with two attached hydrogens (primary N) is 1. The molecule has 2 nitrogen and oxygen atoms in total. The summed E-state index contributed by atoms with van der Waals surface area (Å²) in [6.07, 6.45) is 0. The normalized spacial score (nSPS) is 16.9. The molecule has 0 aliphatic carbocycles. The smallest absolute Gasteiger partial charge is 0.0333 e. The predicted octanol–water partition coefficient (Wildman–Crippen LogP) is 3.59. The molecule has 0 amide bonds.